The molecule has 0 spiro atoms. The molecular formula is C27H29NO2. The number of rotatable bonds is 10. The number of esters is 1. The second kappa shape index (κ2) is 11.7. The molecule has 3 aromatic rings. The van der Waals surface area contributed by atoms with Crippen LogP contribution in [0.1, 0.15) is 33.5 Å². The molecule has 3 heteroatoms. The standard InChI is InChI=1S/C27H29NO2/c1-30-27(29)26-18-16-25(17-19-26)22-28(20-8-14-23-10-4-2-5-11-23)21-9-15-24-12-6-3-7-13-24/h2-8,10-14,16-19H,9,15,20-22H2,1H3. The molecule has 0 N–H and O–H groups in total. The number of benzene rings is 3. The van der Waals surface area contributed by atoms with Gasteiger partial charge in [0.25, 0.3) is 0 Å². The van der Waals surface area contributed by atoms with E-state index in [-0.39, 0.29) is 5.97 Å². The van der Waals surface area contributed by atoms with Gasteiger partial charge in [-0.2, -0.15) is 0 Å². The van der Waals surface area contributed by atoms with E-state index in [1.807, 2.05) is 30.3 Å². The fourth-order valence-corrected chi connectivity index (χ4v) is 3.41. The number of hydrogen-bond acceptors (Lipinski definition) is 3. The maximum Gasteiger partial charge on any atom is 0.337 e. The highest BCUT2D eigenvalue weighted by atomic mass is 16.5. The quantitative estimate of drug-likeness (QED) is 0.414. The van der Waals surface area contributed by atoms with Gasteiger partial charge in [-0.15, -0.1) is 0 Å². The number of hydrogen-bond donors (Lipinski definition) is 0. The molecule has 0 bridgehead atoms. The second-order valence-electron chi connectivity index (χ2n) is 7.33. The van der Waals surface area contributed by atoms with Gasteiger partial charge in [0.05, 0.1) is 12.7 Å². The van der Waals surface area contributed by atoms with Crippen LogP contribution in [-0.2, 0) is 17.7 Å². The third kappa shape index (κ3) is 7.02. The van der Waals surface area contributed by atoms with Crippen molar-refractivity contribution in [3.63, 3.8) is 0 Å². The Balaban J connectivity index is 1.61. The van der Waals surface area contributed by atoms with Crippen molar-refractivity contribution in [1.82, 2.24) is 4.90 Å². The fraction of sp³-hybridized carbons (Fsp3) is 0.222. The summed E-state index contributed by atoms with van der Waals surface area (Å²) in [6.45, 7) is 2.73. The molecule has 0 radical (unpaired) electrons. The summed E-state index contributed by atoms with van der Waals surface area (Å²) in [6, 6.07) is 28.7. The summed E-state index contributed by atoms with van der Waals surface area (Å²) >= 11 is 0. The van der Waals surface area contributed by atoms with Crippen LogP contribution in [0.4, 0.5) is 0 Å². The molecule has 3 aromatic carbocycles. The van der Waals surface area contributed by atoms with Gasteiger partial charge in [-0.3, -0.25) is 4.90 Å². The van der Waals surface area contributed by atoms with Crippen LogP contribution in [0.3, 0.4) is 0 Å². The highest BCUT2D eigenvalue weighted by Crippen LogP contribution is 2.11. The van der Waals surface area contributed by atoms with E-state index in [4.69, 9.17) is 4.74 Å². The summed E-state index contributed by atoms with van der Waals surface area (Å²) in [5.41, 5.74) is 4.36. The molecule has 3 rings (SSSR count). The number of methoxy groups -OCH3 is 1. The van der Waals surface area contributed by atoms with Gasteiger partial charge in [0.1, 0.15) is 0 Å². The SMILES string of the molecule is COC(=O)c1ccc(CN(CC=Cc2ccccc2)CCCc2ccccc2)cc1. The Bertz CT molecular complexity index is 918. The Labute approximate surface area is 179 Å². The number of nitrogens with zero attached hydrogens (tertiary/aromatic N) is 1. The smallest absolute Gasteiger partial charge is 0.337 e. The molecule has 0 aliphatic carbocycles. The van der Waals surface area contributed by atoms with E-state index in [0.29, 0.717) is 5.56 Å². The zero-order valence-corrected chi connectivity index (χ0v) is 17.5. The van der Waals surface area contributed by atoms with Crippen LogP contribution < -0.4 is 0 Å². The van der Waals surface area contributed by atoms with Crippen molar-refractivity contribution in [2.45, 2.75) is 19.4 Å². The topological polar surface area (TPSA) is 29.5 Å². The normalized spacial score (nSPS) is 11.1. The van der Waals surface area contributed by atoms with Crippen molar-refractivity contribution < 1.29 is 9.53 Å². The molecular weight excluding hydrogens is 370 g/mol. The van der Waals surface area contributed by atoms with Crippen molar-refractivity contribution >= 4 is 12.0 Å². The molecule has 154 valence electrons. The molecule has 0 saturated carbocycles. The highest BCUT2D eigenvalue weighted by Gasteiger charge is 2.08. The van der Waals surface area contributed by atoms with E-state index in [1.54, 1.807) is 0 Å². The molecule has 0 aliphatic heterocycles. The summed E-state index contributed by atoms with van der Waals surface area (Å²) in [5, 5.41) is 0. The second-order valence-corrected chi connectivity index (χ2v) is 7.33. The Kier molecular flexibility index (Phi) is 8.43. The van der Waals surface area contributed by atoms with Gasteiger partial charge < -0.3 is 4.74 Å². The van der Waals surface area contributed by atoms with Gasteiger partial charge in [-0.25, -0.2) is 4.79 Å². The van der Waals surface area contributed by atoms with E-state index in [2.05, 4.69) is 71.6 Å². The Hall–Kier alpha value is -3.17. The lowest BCUT2D eigenvalue weighted by molar-refractivity contribution is 0.0600. The Morgan fingerprint density at radius 1 is 0.867 bits per heavy atom. The predicted molar refractivity (Wildman–Crippen MR) is 123 cm³/mol. The minimum absolute atomic E-state index is 0.299. The third-order valence-corrected chi connectivity index (χ3v) is 5.04. The number of ether oxygens (including phenoxy) is 1. The minimum Gasteiger partial charge on any atom is -0.465 e. The fourth-order valence-electron chi connectivity index (χ4n) is 3.41. The van der Waals surface area contributed by atoms with Crippen LogP contribution in [0, 0.1) is 0 Å². The molecule has 0 saturated heterocycles. The molecule has 3 nitrogen and oxygen atoms in total. The van der Waals surface area contributed by atoms with Gasteiger partial charge >= 0.3 is 5.97 Å². The van der Waals surface area contributed by atoms with Crippen molar-refractivity contribution in [2.24, 2.45) is 0 Å². The van der Waals surface area contributed by atoms with E-state index in [9.17, 15) is 4.79 Å². The monoisotopic (exact) mass is 399 g/mol. The van der Waals surface area contributed by atoms with Crippen molar-refractivity contribution in [2.75, 3.05) is 20.2 Å². The van der Waals surface area contributed by atoms with Crippen LogP contribution in [0.2, 0.25) is 0 Å². The number of aryl methyl sites for hydroxylation is 1. The summed E-state index contributed by atoms with van der Waals surface area (Å²) < 4.78 is 4.79. The lowest BCUT2D eigenvalue weighted by Gasteiger charge is -2.21. The molecule has 0 aliphatic rings. The van der Waals surface area contributed by atoms with Gasteiger partial charge in [0.2, 0.25) is 0 Å². The maximum absolute atomic E-state index is 11.7. The molecule has 30 heavy (non-hydrogen) atoms. The van der Waals surface area contributed by atoms with Gasteiger partial charge in [-0.1, -0.05) is 84.9 Å². The van der Waals surface area contributed by atoms with Crippen molar-refractivity contribution in [3.8, 4) is 0 Å². The number of carbonyl (C=O) groups excluding carboxylic acids is 1. The molecule has 0 fully saturated rings. The Morgan fingerprint density at radius 3 is 2.20 bits per heavy atom. The van der Waals surface area contributed by atoms with Crippen LogP contribution >= 0.6 is 0 Å². The Morgan fingerprint density at radius 2 is 1.53 bits per heavy atom. The zero-order chi connectivity index (χ0) is 21.0. The zero-order valence-electron chi connectivity index (χ0n) is 17.5. The first-order chi connectivity index (χ1) is 14.7. The molecule has 0 unspecified atom stereocenters. The lowest BCUT2D eigenvalue weighted by atomic mass is 10.1. The van der Waals surface area contributed by atoms with E-state index < -0.39 is 0 Å². The van der Waals surface area contributed by atoms with Gasteiger partial charge in [-0.05, 0) is 48.2 Å². The van der Waals surface area contributed by atoms with E-state index in [1.165, 1.54) is 23.8 Å². The summed E-state index contributed by atoms with van der Waals surface area (Å²) in [4.78, 5) is 14.1. The molecule has 0 amide bonds. The average Bonchev–Trinajstić information content (AvgIpc) is 2.80. The van der Waals surface area contributed by atoms with Gasteiger partial charge in [0.15, 0.2) is 0 Å². The largest absolute Gasteiger partial charge is 0.465 e. The van der Waals surface area contributed by atoms with Crippen molar-refractivity contribution in [3.05, 3.63) is 113 Å². The highest BCUT2D eigenvalue weighted by molar-refractivity contribution is 5.89. The average molecular weight is 400 g/mol. The predicted octanol–water partition coefficient (Wildman–Crippen LogP) is 5.62. The van der Waals surface area contributed by atoms with E-state index in [0.717, 1.165) is 32.5 Å². The molecule has 0 aromatic heterocycles. The summed E-state index contributed by atoms with van der Waals surface area (Å²) in [7, 11) is 1.41. The first-order valence-electron chi connectivity index (χ1n) is 10.4. The van der Waals surface area contributed by atoms with Crippen LogP contribution in [0.5, 0.6) is 0 Å². The van der Waals surface area contributed by atoms with E-state index >= 15 is 0 Å². The number of carbonyl (C=O) groups is 1. The van der Waals surface area contributed by atoms with Crippen LogP contribution in [0.25, 0.3) is 6.08 Å². The maximum atomic E-state index is 11.7. The van der Waals surface area contributed by atoms with Crippen LogP contribution in [-0.4, -0.2) is 31.1 Å². The minimum atomic E-state index is -0.299. The van der Waals surface area contributed by atoms with Crippen molar-refractivity contribution in [1.29, 1.82) is 0 Å². The van der Waals surface area contributed by atoms with Gasteiger partial charge in [0, 0.05) is 13.1 Å². The van der Waals surface area contributed by atoms with Crippen LogP contribution in [0.15, 0.2) is 91.0 Å². The first-order valence-corrected chi connectivity index (χ1v) is 10.4. The first kappa shape index (κ1) is 21.5. The molecule has 0 heterocycles. The molecule has 0 atom stereocenters. The summed E-state index contributed by atoms with van der Waals surface area (Å²) in [6.07, 6.45) is 6.57. The lowest BCUT2D eigenvalue weighted by Crippen LogP contribution is -2.25. The summed E-state index contributed by atoms with van der Waals surface area (Å²) in [5.74, 6) is -0.299. The third-order valence-electron chi connectivity index (χ3n) is 5.04.